The Bertz CT molecular complexity index is 669. The van der Waals surface area contributed by atoms with Gasteiger partial charge in [0, 0.05) is 26.4 Å². The van der Waals surface area contributed by atoms with Crippen molar-refractivity contribution in [2.75, 3.05) is 13.2 Å². The number of aryl methyl sites for hydroxylation is 2. The zero-order valence-corrected chi connectivity index (χ0v) is 15.2. The molecule has 3 rings (SSSR count). The quantitative estimate of drug-likeness (QED) is 0.734. The molecule has 2 aliphatic heterocycles. The number of carbonyl (C=O) groups excluding carboxylic acids is 2. The molecule has 8 nitrogen and oxygen atoms in total. The van der Waals surface area contributed by atoms with Gasteiger partial charge in [-0.3, -0.25) is 14.3 Å². The molecule has 0 aliphatic carbocycles. The highest BCUT2D eigenvalue weighted by Crippen LogP contribution is 2.24. The molecule has 2 aliphatic rings. The first kappa shape index (κ1) is 17.9. The Morgan fingerprint density at radius 3 is 2.76 bits per heavy atom. The third-order valence-electron chi connectivity index (χ3n) is 4.41. The zero-order valence-electron chi connectivity index (χ0n) is 15.2. The summed E-state index contributed by atoms with van der Waals surface area (Å²) in [6.45, 7) is 6.78. The molecular formula is C17H25N3O5. The lowest BCUT2D eigenvalue weighted by Crippen LogP contribution is -2.44. The van der Waals surface area contributed by atoms with Gasteiger partial charge in [-0.15, -0.1) is 0 Å². The van der Waals surface area contributed by atoms with Gasteiger partial charge in [-0.25, -0.2) is 0 Å². The summed E-state index contributed by atoms with van der Waals surface area (Å²) in [4.78, 5) is 25.9. The molecular weight excluding hydrogens is 326 g/mol. The number of rotatable bonds is 5. The zero-order chi connectivity index (χ0) is 18.2. The number of carbonyl (C=O) groups is 2. The number of amides is 1. The monoisotopic (exact) mass is 351 g/mol. The molecule has 3 heterocycles. The summed E-state index contributed by atoms with van der Waals surface area (Å²) in [7, 11) is 1.85. The van der Waals surface area contributed by atoms with Crippen LogP contribution in [0, 0.1) is 6.92 Å². The van der Waals surface area contributed by atoms with Crippen molar-refractivity contribution < 1.29 is 23.8 Å². The molecule has 1 aromatic heterocycles. The van der Waals surface area contributed by atoms with E-state index in [0.29, 0.717) is 26.1 Å². The maximum atomic E-state index is 12.9. The summed E-state index contributed by atoms with van der Waals surface area (Å²) in [5, 5.41) is 4.33. The molecule has 2 fully saturated rings. The second-order valence-corrected chi connectivity index (χ2v) is 7.09. The van der Waals surface area contributed by atoms with Gasteiger partial charge in [0.15, 0.2) is 11.9 Å². The summed E-state index contributed by atoms with van der Waals surface area (Å²) in [5.41, 5.74) is 1.80. The van der Waals surface area contributed by atoms with Gasteiger partial charge in [-0.1, -0.05) is 0 Å². The van der Waals surface area contributed by atoms with Crippen LogP contribution < -0.4 is 0 Å². The number of hydrogen-bond donors (Lipinski definition) is 0. The molecule has 0 saturated carbocycles. The minimum absolute atomic E-state index is 0.196. The van der Waals surface area contributed by atoms with E-state index in [1.807, 2.05) is 33.9 Å². The van der Waals surface area contributed by atoms with Crippen LogP contribution in [0.4, 0.5) is 0 Å². The second-order valence-electron chi connectivity index (χ2n) is 7.09. The van der Waals surface area contributed by atoms with E-state index in [2.05, 4.69) is 5.10 Å². The average Bonchev–Trinajstić information content (AvgIpc) is 3.18. The van der Waals surface area contributed by atoms with Crippen molar-refractivity contribution in [1.82, 2.24) is 14.7 Å². The Hall–Kier alpha value is -1.93. The van der Waals surface area contributed by atoms with Crippen LogP contribution in [-0.2, 0) is 37.4 Å². The van der Waals surface area contributed by atoms with Crippen molar-refractivity contribution in [2.24, 2.45) is 7.05 Å². The van der Waals surface area contributed by atoms with Crippen molar-refractivity contribution in [3.63, 3.8) is 0 Å². The van der Waals surface area contributed by atoms with Crippen molar-refractivity contribution in [2.45, 2.75) is 58.2 Å². The van der Waals surface area contributed by atoms with E-state index >= 15 is 0 Å². The van der Waals surface area contributed by atoms with Crippen molar-refractivity contribution in [1.29, 1.82) is 0 Å². The molecule has 0 N–H and O–H groups in total. The molecule has 0 unspecified atom stereocenters. The molecule has 2 atom stereocenters. The Morgan fingerprint density at radius 2 is 2.24 bits per heavy atom. The van der Waals surface area contributed by atoms with Crippen LogP contribution in [0.1, 0.15) is 38.1 Å². The van der Waals surface area contributed by atoms with Gasteiger partial charge in [0.05, 0.1) is 24.5 Å². The Labute approximate surface area is 147 Å². The number of nitrogens with zero attached hydrogens (tertiary/aromatic N) is 3. The molecule has 0 bridgehead atoms. The average molecular weight is 351 g/mol. The van der Waals surface area contributed by atoms with E-state index in [1.54, 1.807) is 9.58 Å². The molecule has 25 heavy (non-hydrogen) atoms. The van der Waals surface area contributed by atoms with Gasteiger partial charge in [-0.05, 0) is 26.8 Å². The molecule has 1 amide bonds. The molecule has 0 aromatic carbocycles. The largest absolute Gasteiger partial charge is 0.452 e. The Morgan fingerprint density at radius 1 is 1.48 bits per heavy atom. The molecule has 0 radical (unpaired) electrons. The van der Waals surface area contributed by atoms with Crippen molar-refractivity contribution in [3.8, 4) is 0 Å². The minimum Gasteiger partial charge on any atom is -0.452 e. The van der Waals surface area contributed by atoms with Crippen molar-refractivity contribution in [3.05, 3.63) is 17.5 Å². The van der Waals surface area contributed by atoms with Gasteiger partial charge in [0.25, 0.3) is 5.91 Å². The fourth-order valence-corrected chi connectivity index (χ4v) is 3.24. The first-order valence-electron chi connectivity index (χ1n) is 8.53. The lowest BCUT2D eigenvalue weighted by Gasteiger charge is -2.27. The molecule has 2 saturated heterocycles. The summed E-state index contributed by atoms with van der Waals surface area (Å²) >= 11 is 0. The fraction of sp³-hybridized carbons (Fsp3) is 0.706. The van der Waals surface area contributed by atoms with E-state index < -0.39 is 11.9 Å². The van der Waals surface area contributed by atoms with E-state index in [1.165, 1.54) is 0 Å². The third kappa shape index (κ3) is 4.19. The summed E-state index contributed by atoms with van der Waals surface area (Å²) in [5.74, 6) is -1.17. The number of ether oxygens (including phenoxy) is 3. The predicted molar refractivity (Wildman–Crippen MR) is 87.4 cm³/mol. The minimum atomic E-state index is -0.711. The Balaban J connectivity index is 1.74. The van der Waals surface area contributed by atoms with Crippen LogP contribution in [-0.4, -0.2) is 57.7 Å². The van der Waals surface area contributed by atoms with Crippen molar-refractivity contribution >= 4 is 11.9 Å². The van der Waals surface area contributed by atoms with E-state index in [4.69, 9.17) is 14.2 Å². The van der Waals surface area contributed by atoms with Crippen LogP contribution in [0.5, 0.6) is 0 Å². The SMILES string of the molecule is Cc1cc(CN(C[C@H]2COC(C)(C)O2)C(=O)[C@H]2CCC(=O)O2)n(C)n1. The number of aromatic nitrogens is 2. The van der Waals surface area contributed by atoms with Crippen LogP contribution in [0.2, 0.25) is 0 Å². The second kappa shape index (κ2) is 6.76. The third-order valence-corrected chi connectivity index (χ3v) is 4.41. The van der Waals surface area contributed by atoms with Gasteiger partial charge >= 0.3 is 5.97 Å². The fourth-order valence-electron chi connectivity index (χ4n) is 3.24. The number of cyclic esters (lactones) is 1. The van der Waals surface area contributed by atoms with Gasteiger partial charge in [0.1, 0.15) is 6.10 Å². The molecule has 0 spiro atoms. The van der Waals surface area contributed by atoms with Gasteiger partial charge in [-0.2, -0.15) is 5.10 Å². The van der Waals surface area contributed by atoms with Gasteiger partial charge in [0.2, 0.25) is 0 Å². The van der Waals surface area contributed by atoms with E-state index in [0.717, 1.165) is 11.4 Å². The summed E-state index contributed by atoms with van der Waals surface area (Å²) in [6, 6.07) is 1.94. The molecule has 8 heteroatoms. The smallest absolute Gasteiger partial charge is 0.306 e. The summed E-state index contributed by atoms with van der Waals surface area (Å²) in [6.07, 6.45) is -0.223. The highest BCUT2D eigenvalue weighted by Gasteiger charge is 2.38. The van der Waals surface area contributed by atoms with Crippen LogP contribution in [0.15, 0.2) is 6.07 Å². The van der Waals surface area contributed by atoms with Crippen LogP contribution in [0.25, 0.3) is 0 Å². The summed E-state index contributed by atoms with van der Waals surface area (Å²) < 4.78 is 18.3. The molecule has 138 valence electrons. The highest BCUT2D eigenvalue weighted by atomic mass is 16.7. The first-order chi connectivity index (χ1) is 11.7. The predicted octanol–water partition coefficient (Wildman–Crippen LogP) is 0.914. The Kier molecular flexibility index (Phi) is 4.83. The standard InChI is InChI=1S/C17H25N3O5/c1-11-7-12(19(4)18-11)8-20(9-13-10-23-17(2,3)25-13)16(22)14-5-6-15(21)24-14/h7,13-14H,5-6,8-10H2,1-4H3/t13-,14+/m0/s1. The van der Waals surface area contributed by atoms with Crippen LogP contribution in [0.3, 0.4) is 0 Å². The van der Waals surface area contributed by atoms with Crippen LogP contribution >= 0.6 is 0 Å². The molecule has 1 aromatic rings. The topological polar surface area (TPSA) is 82.9 Å². The highest BCUT2D eigenvalue weighted by molar-refractivity contribution is 5.86. The normalized spacial score (nSPS) is 25.2. The lowest BCUT2D eigenvalue weighted by molar-refractivity contribution is -0.157. The first-order valence-corrected chi connectivity index (χ1v) is 8.53. The van der Waals surface area contributed by atoms with Gasteiger partial charge < -0.3 is 19.1 Å². The number of esters is 1. The maximum Gasteiger partial charge on any atom is 0.306 e. The van der Waals surface area contributed by atoms with E-state index in [-0.39, 0.29) is 24.4 Å². The number of hydrogen-bond acceptors (Lipinski definition) is 6. The lowest BCUT2D eigenvalue weighted by atomic mass is 10.2. The maximum absolute atomic E-state index is 12.9. The van der Waals surface area contributed by atoms with E-state index in [9.17, 15) is 9.59 Å².